The topological polar surface area (TPSA) is 84.0 Å². The van der Waals surface area contributed by atoms with E-state index in [2.05, 4.69) is 20.2 Å². The lowest BCUT2D eigenvalue weighted by Gasteiger charge is -2.07. The van der Waals surface area contributed by atoms with Crippen molar-refractivity contribution in [1.29, 1.82) is 0 Å². The number of carbonyl (C=O) groups is 2. The number of aryl methyl sites for hydroxylation is 1. The Hall–Kier alpha value is -2.58. The average Bonchev–Trinajstić information content (AvgIpc) is 3.28. The molecule has 2 N–H and O–H groups in total. The van der Waals surface area contributed by atoms with Crippen LogP contribution in [0.1, 0.15) is 32.0 Å². The van der Waals surface area contributed by atoms with Gasteiger partial charge in [0.2, 0.25) is 0 Å². The van der Waals surface area contributed by atoms with Crippen molar-refractivity contribution in [2.45, 2.75) is 13.3 Å². The molecule has 0 fully saturated rings. The largest absolute Gasteiger partial charge is 0.321 e. The first kappa shape index (κ1) is 16.3. The van der Waals surface area contributed by atoms with Crippen LogP contribution in [0.15, 0.2) is 41.8 Å². The number of anilines is 2. The minimum absolute atomic E-state index is 0.148. The lowest BCUT2D eigenvalue weighted by Crippen LogP contribution is -2.13. The third kappa shape index (κ3) is 3.66. The van der Waals surface area contributed by atoms with E-state index in [1.807, 2.05) is 18.4 Å². The number of aromatic nitrogens is 2. The zero-order chi connectivity index (χ0) is 16.9. The SMILES string of the molecule is CCc1nnsc1C(=O)Nc1ccc(NC(=O)c2cccs2)cc1. The molecule has 0 unspecified atom stereocenters. The maximum atomic E-state index is 12.2. The Kier molecular flexibility index (Phi) is 4.97. The molecule has 2 aromatic heterocycles. The fourth-order valence-corrected chi connectivity index (χ4v) is 3.30. The van der Waals surface area contributed by atoms with Gasteiger partial charge in [0.05, 0.1) is 10.6 Å². The first-order valence-corrected chi connectivity index (χ1v) is 8.90. The van der Waals surface area contributed by atoms with Gasteiger partial charge in [-0.05, 0) is 53.7 Å². The van der Waals surface area contributed by atoms with Crippen LogP contribution in [0.25, 0.3) is 0 Å². The molecular weight excluding hydrogens is 344 g/mol. The highest BCUT2D eigenvalue weighted by Crippen LogP contribution is 2.18. The van der Waals surface area contributed by atoms with Crippen LogP contribution in [0.4, 0.5) is 11.4 Å². The number of nitrogens with one attached hydrogen (secondary N) is 2. The summed E-state index contributed by atoms with van der Waals surface area (Å²) in [7, 11) is 0. The highest BCUT2D eigenvalue weighted by atomic mass is 32.1. The maximum Gasteiger partial charge on any atom is 0.269 e. The fraction of sp³-hybridized carbons (Fsp3) is 0.125. The molecule has 0 bridgehead atoms. The maximum absolute atomic E-state index is 12.2. The van der Waals surface area contributed by atoms with E-state index in [0.29, 0.717) is 33.2 Å². The molecule has 3 aromatic rings. The summed E-state index contributed by atoms with van der Waals surface area (Å²) >= 11 is 2.47. The third-order valence-electron chi connectivity index (χ3n) is 3.24. The van der Waals surface area contributed by atoms with Crippen molar-refractivity contribution in [3.63, 3.8) is 0 Å². The Morgan fingerprint density at radius 2 is 1.71 bits per heavy atom. The molecule has 0 saturated heterocycles. The summed E-state index contributed by atoms with van der Waals surface area (Å²) in [6, 6.07) is 10.6. The van der Waals surface area contributed by atoms with Crippen LogP contribution in [-0.2, 0) is 6.42 Å². The quantitative estimate of drug-likeness (QED) is 0.729. The summed E-state index contributed by atoms with van der Waals surface area (Å²) in [6.45, 7) is 1.93. The van der Waals surface area contributed by atoms with Crippen LogP contribution in [0, 0.1) is 0 Å². The smallest absolute Gasteiger partial charge is 0.269 e. The van der Waals surface area contributed by atoms with Crippen LogP contribution in [0.3, 0.4) is 0 Å². The van der Waals surface area contributed by atoms with Gasteiger partial charge in [0.1, 0.15) is 4.88 Å². The summed E-state index contributed by atoms with van der Waals surface area (Å²) in [5.41, 5.74) is 2.00. The molecule has 0 saturated carbocycles. The molecular formula is C16H14N4O2S2. The van der Waals surface area contributed by atoms with Gasteiger partial charge in [-0.15, -0.1) is 16.4 Å². The molecule has 8 heteroatoms. The van der Waals surface area contributed by atoms with Crippen LogP contribution in [0.2, 0.25) is 0 Å². The second kappa shape index (κ2) is 7.33. The first-order valence-electron chi connectivity index (χ1n) is 7.25. The fourth-order valence-electron chi connectivity index (χ4n) is 2.04. The molecule has 0 aliphatic rings. The lowest BCUT2D eigenvalue weighted by molar-refractivity contribution is 0.102. The highest BCUT2D eigenvalue weighted by molar-refractivity contribution is 7.12. The van der Waals surface area contributed by atoms with E-state index in [1.165, 1.54) is 11.3 Å². The molecule has 0 aliphatic heterocycles. The van der Waals surface area contributed by atoms with Gasteiger partial charge in [0, 0.05) is 11.4 Å². The van der Waals surface area contributed by atoms with E-state index in [-0.39, 0.29) is 11.8 Å². The Balaban J connectivity index is 1.64. The van der Waals surface area contributed by atoms with Crippen molar-refractivity contribution < 1.29 is 9.59 Å². The second-order valence-electron chi connectivity index (χ2n) is 4.87. The Bertz CT molecular complexity index is 841. The van der Waals surface area contributed by atoms with Gasteiger partial charge in [-0.2, -0.15) is 0 Å². The van der Waals surface area contributed by atoms with E-state index in [4.69, 9.17) is 0 Å². The van der Waals surface area contributed by atoms with E-state index < -0.39 is 0 Å². The number of amides is 2. The molecule has 6 nitrogen and oxygen atoms in total. The number of nitrogens with zero attached hydrogens (tertiary/aromatic N) is 2. The van der Waals surface area contributed by atoms with Gasteiger partial charge < -0.3 is 10.6 Å². The average molecular weight is 358 g/mol. The minimum Gasteiger partial charge on any atom is -0.321 e. The molecule has 2 amide bonds. The van der Waals surface area contributed by atoms with E-state index in [9.17, 15) is 9.59 Å². The minimum atomic E-state index is -0.225. The van der Waals surface area contributed by atoms with Crippen LogP contribution in [0.5, 0.6) is 0 Å². The van der Waals surface area contributed by atoms with Crippen molar-refractivity contribution in [2.75, 3.05) is 10.6 Å². The van der Waals surface area contributed by atoms with Gasteiger partial charge in [-0.3, -0.25) is 9.59 Å². The zero-order valence-corrected chi connectivity index (χ0v) is 14.4. The number of benzene rings is 1. The van der Waals surface area contributed by atoms with Gasteiger partial charge in [0.25, 0.3) is 11.8 Å². The second-order valence-corrected chi connectivity index (χ2v) is 6.57. The van der Waals surface area contributed by atoms with Gasteiger partial charge in [-0.1, -0.05) is 17.5 Å². The highest BCUT2D eigenvalue weighted by Gasteiger charge is 2.15. The predicted octanol–water partition coefficient (Wildman–Crippen LogP) is 3.67. The summed E-state index contributed by atoms with van der Waals surface area (Å²) in [5, 5.41) is 11.4. The Labute approximate surface area is 146 Å². The monoisotopic (exact) mass is 358 g/mol. The number of thiophene rings is 1. The molecule has 0 atom stereocenters. The van der Waals surface area contributed by atoms with E-state index in [1.54, 1.807) is 30.3 Å². The van der Waals surface area contributed by atoms with Crippen molar-refractivity contribution in [3.05, 3.63) is 57.2 Å². The van der Waals surface area contributed by atoms with Gasteiger partial charge in [0.15, 0.2) is 0 Å². The molecule has 2 heterocycles. The Morgan fingerprint density at radius 1 is 1.04 bits per heavy atom. The number of hydrogen-bond donors (Lipinski definition) is 2. The molecule has 1 aromatic carbocycles. The van der Waals surface area contributed by atoms with Crippen molar-refractivity contribution in [3.8, 4) is 0 Å². The first-order chi connectivity index (χ1) is 11.7. The third-order valence-corrected chi connectivity index (χ3v) is 4.88. The van der Waals surface area contributed by atoms with E-state index >= 15 is 0 Å². The molecule has 0 radical (unpaired) electrons. The van der Waals surface area contributed by atoms with Gasteiger partial charge in [-0.25, -0.2) is 0 Å². The standard InChI is InChI=1S/C16H14N4O2S2/c1-2-12-14(24-20-19-12)16(22)18-11-7-5-10(6-8-11)17-15(21)13-4-3-9-23-13/h3-9H,2H2,1H3,(H,17,21)(H,18,22). The predicted molar refractivity (Wildman–Crippen MR) is 96.0 cm³/mol. The van der Waals surface area contributed by atoms with E-state index in [0.717, 1.165) is 11.5 Å². The summed E-state index contributed by atoms with van der Waals surface area (Å²) in [5.74, 6) is -0.373. The number of rotatable bonds is 5. The van der Waals surface area contributed by atoms with Crippen LogP contribution < -0.4 is 10.6 Å². The molecule has 24 heavy (non-hydrogen) atoms. The van der Waals surface area contributed by atoms with Crippen molar-refractivity contribution in [2.24, 2.45) is 0 Å². The number of carbonyl (C=O) groups excluding carboxylic acids is 2. The number of hydrogen-bond acceptors (Lipinski definition) is 6. The van der Waals surface area contributed by atoms with Crippen LogP contribution >= 0.6 is 22.9 Å². The zero-order valence-electron chi connectivity index (χ0n) is 12.8. The lowest BCUT2D eigenvalue weighted by atomic mass is 10.2. The van der Waals surface area contributed by atoms with Gasteiger partial charge >= 0.3 is 0 Å². The normalized spacial score (nSPS) is 10.4. The molecule has 3 rings (SSSR count). The summed E-state index contributed by atoms with van der Waals surface area (Å²) in [6.07, 6.45) is 0.660. The Morgan fingerprint density at radius 3 is 2.29 bits per heavy atom. The van der Waals surface area contributed by atoms with Crippen molar-refractivity contribution >= 4 is 46.1 Å². The molecule has 0 spiro atoms. The van der Waals surface area contributed by atoms with Crippen molar-refractivity contribution in [1.82, 2.24) is 9.59 Å². The summed E-state index contributed by atoms with van der Waals surface area (Å²) < 4.78 is 3.81. The molecule has 0 aliphatic carbocycles. The van der Waals surface area contributed by atoms with Crippen LogP contribution in [-0.4, -0.2) is 21.4 Å². The molecule has 122 valence electrons. The summed E-state index contributed by atoms with van der Waals surface area (Å²) in [4.78, 5) is 25.4.